The Morgan fingerprint density at radius 2 is 1.36 bits per heavy atom. The fourth-order valence-electron chi connectivity index (χ4n) is 4.57. The van der Waals surface area contributed by atoms with E-state index in [1.165, 1.54) is 11.1 Å². The normalized spacial score (nSPS) is 11.6. The van der Waals surface area contributed by atoms with Gasteiger partial charge >= 0.3 is 0 Å². The minimum Gasteiger partial charge on any atom is -0.493 e. The second kappa shape index (κ2) is 8.92. The molecule has 0 bridgehead atoms. The lowest BCUT2D eigenvalue weighted by atomic mass is 9.85. The van der Waals surface area contributed by atoms with Crippen LogP contribution < -0.4 is 9.47 Å². The van der Waals surface area contributed by atoms with Gasteiger partial charge in [0.2, 0.25) is 0 Å². The lowest BCUT2D eigenvalue weighted by molar-refractivity contribution is 0.284. The number of aliphatic hydroxyl groups is 1. The highest BCUT2D eigenvalue weighted by molar-refractivity contribution is 6.01. The molecule has 4 rings (SSSR count). The summed E-state index contributed by atoms with van der Waals surface area (Å²) in [6.07, 6.45) is 0. The monoisotopic (exact) mass is 440 g/mol. The molecule has 0 spiro atoms. The molecule has 0 saturated carbocycles. The highest BCUT2D eigenvalue weighted by atomic mass is 16.5. The lowest BCUT2D eigenvalue weighted by Gasteiger charge is -2.20. The number of hydrogen-bond donors (Lipinski definition) is 1. The molecule has 0 radical (unpaired) electrons. The first-order valence-corrected chi connectivity index (χ1v) is 11.3. The van der Waals surface area contributed by atoms with Crippen LogP contribution in [0.4, 0.5) is 0 Å². The van der Waals surface area contributed by atoms with Crippen LogP contribution in [0.5, 0.6) is 11.5 Å². The van der Waals surface area contributed by atoms with Crippen LogP contribution >= 0.6 is 0 Å². The predicted molar refractivity (Wildman–Crippen MR) is 137 cm³/mol. The summed E-state index contributed by atoms with van der Waals surface area (Å²) in [6, 6.07) is 23.4. The molecule has 0 aromatic heterocycles. The molecule has 0 amide bonds. The van der Waals surface area contributed by atoms with Gasteiger partial charge < -0.3 is 14.6 Å². The van der Waals surface area contributed by atoms with Gasteiger partial charge in [-0.15, -0.1) is 0 Å². The molecule has 1 N–H and O–H groups in total. The van der Waals surface area contributed by atoms with Gasteiger partial charge in [0.25, 0.3) is 0 Å². The number of benzene rings is 4. The van der Waals surface area contributed by atoms with Crippen molar-refractivity contribution >= 4 is 10.8 Å². The van der Waals surface area contributed by atoms with Crippen LogP contribution in [-0.2, 0) is 12.0 Å². The third-order valence-electron chi connectivity index (χ3n) is 6.40. The largest absolute Gasteiger partial charge is 0.493 e. The zero-order chi connectivity index (χ0) is 23.8. The molecule has 0 fully saturated rings. The molecule has 0 aliphatic rings. The standard InChI is InChI=1S/C30H32O3/c1-19-10-15-26(29(33-6)28(19)32-5)25-17-16-24-22(8-7-9-23(24)27(25)18-31)20-11-13-21(14-12-20)30(2,3)4/h7-17,31H,18H2,1-6H3. The van der Waals surface area contributed by atoms with Gasteiger partial charge in [0.15, 0.2) is 11.5 Å². The van der Waals surface area contributed by atoms with Gasteiger partial charge in [-0.2, -0.15) is 0 Å². The molecule has 3 heteroatoms. The second-order valence-corrected chi connectivity index (χ2v) is 9.47. The maximum absolute atomic E-state index is 10.4. The average molecular weight is 441 g/mol. The number of fused-ring (bicyclic) bond motifs is 1. The van der Waals surface area contributed by atoms with E-state index in [2.05, 4.69) is 75.4 Å². The minimum absolute atomic E-state index is 0.0710. The van der Waals surface area contributed by atoms with E-state index >= 15 is 0 Å². The van der Waals surface area contributed by atoms with E-state index in [0.29, 0.717) is 11.5 Å². The first-order valence-electron chi connectivity index (χ1n) is 11.3. The Morgan fingerprint density at radius 3 is 1.97 bits per heavy atom. The molecule has 0 saturated heterocycles. The fraction of sp³-hybridized carbons (Fsp3) is 0.267. The van der Waals surface area contributed by atoms with Gasteiger partial charge in [0, 0.05) is 5.56 Å². The lowest BCUT2D eigenvalue weighted by Crippen LogP contribution is -2.10. The van der Waals surface area contributed by atoms with Crippen LogP contribution in [0.3, 0.4) is 0 Å². The van der Waals surface area contributed by atoms with Crippen LogP contribution in [0.2, 0.25) is 0 Å². The topological polar surface area (TPSA) is 38.7 Å². The summed E-state index contributed by atoms with van der Waals surface area (Å²) >= 11 is 0. The summed E-state index contributed by atoms with van der Waals surface area (Å²) in [4.78, 5) is 0. The Hall–Kier alpha value is -3.30. The number of aliphatic hydroxyl groups excluding tert-OH is 1. The van der Waals surface area contributed by atoms with E-state index in [-0.39, 0.29) is 12.0 Å². The van der Waals surface area contributed by atoms with Crippen molar-refractivity contribution < 1.29 is 14.6 Å². The summed E-state index contributed by atoms with van der Waals surface area (Å²) in [7, 11) is 3.30. The van der Waals surface area contributed by atoms with Crippen molar-refractivity contribution in [1.82, 2.24) is 0 Å². The van der Waals surface area contributed by atoms with Gasteiger partial charge in [-0.05, 0) is 56.5 Å². The molecule has 170 valence electrons. The van der Waals surface area contributed by atoms with Crippen LogP contribution in [0.25, 0.3) is 33.0 Å². The summed E-state index contributed by atoms with van der Waals surface area (Å²) in [5, 5.41) is 12.6. The molecule has 0 aliphatic heterocycles. The van der Waals surface area contributed by atoms with E-state index in [0.717, 1.165) is 38.6 Å². The second-order valence-electron chi connectivity index (χ2n) is 9.47. The van der Waals surface area contributed by atoms with Crippen LogP contribution in [-0.4, -0.2) is 19.3 Å². The van der Waals surface area contributed by atoms with Crippen molar-refractivity contribution in [3.05, 3.63) is 83.4 Å². The summed E-state index contributed by atoms with van der Waals surface area (Å²) in [5.74, 6) is 1.40. The molecule has 4 aromatic rings. The Kier molecular flexibility index (Phi) is 6.18. The maximum Gasteiger partial charge on any atom is 0.168 e. The first-order chi connectivity index (χ1) is 15.8. The molecule has 0 unspecified atom stereocenters. The van der Waals surface area contributed by atoms with Crippen molar-refractivity contribution in [2.75, 3.05) is 14.2 Å². The zero-order valence-electron chi connectivity index (χ0n) is 20.3. The summed E-state index contributed by atoms with van der Waals surface area (Å²) in [6.45, 7) is 8.60. The number of methoxy groups -OCH3 is 2. The fourth-order valence-corrected chi connectivity index (χ4v) is 4.57. The quantitative estimate of drug-likeness (QED) is 0.354. The van der Waals surface area contributed by atoms with Gasteiger partial charge in [0.1, 0.15) is 0 Å². The zero-order valence-corrected chi connectivity index (χ0v) is 20.3. The highest BCUT2D eigenvalue weighted by Gasteiger charge is 2.19. The summed E-state index contributed by atoms with van der Waals surface area (Å²) < 4.78 is 11.4. The van der Waals surface area contributed by atoms with Gasteiger partial charge in [0.05, 0.1) is 20.8 Å². The van der Waals surface area contributed by atoms with Crippen LogP contribution in [0.15, 0.2) is 66.7 Å². The SMILES string of the molecule is COc1c(C)ccc(-c2ccc3c(-c4ccc(C(C)(C)C)cc4)cccc3c2CO)c1OC. The number of hydrogen-bond acceptors (Lipinski definition) is 3. The molecule has 3 nitrogen and oxygen atoms in total. The number of aryl methyl sites for hydroxylation is 1. The van der Waals surface area contributed by atoms with Gasteiger partial charge in [-0.1, -0.05) is 87.5 Å². The molecule has 4 aromatic carbocycles. The molecular formula is C30H32O3. The van der Waals surface area contributed by atoms with Crippen molar-refractivity contribution in [2.45, 2.75) is 39.7 Å². The molecule has 0 atom stereocenters. The molecule has 0 heterocycles. The molecule has 0 aliphatic carbocycles. The van der Waals surface area contributed by atoms with Crippen LogP contribution in [0, 0.1) is 6.92 Å². The first kappa shape index (κ1) is 22.9. The Balaban J connectivity index is 1.91. The molecular weight excluding hydrogens is 408 g/mol. The maximum atomic E-state index is 10.4. The highest BCUT2D eigenvalue weighted by Crippen LogP contribution is 2.43. The molecule has 33 heavy (non-hydrogen) atoms. The van der Waals surface area contributed by atoms with Crippen molar-refractivity contribution in [3.63, 3.8) is 0 Å². The van der Waals surface area contributed by atoms with E-state index in [9.17, 15) is 5.11 Å². The summed E-state index contributed by atoms with van der Waals surface area (Å²) in [5.41, 5.74) is 7.49. The number of ether oxygens (including phenoxy) is 2. The minimum atomic E-state index is -0.0710. The van der Waals surface area contributed by atoms with Crippen molar-refractivity contribution in [2.24, 2.45) is 0 Å². The van der Waals surface area contributed by atoms with Crippen molar-refractivity contribution in [1.29, 1.82) is 0 Å². The Bertz CT molecular complexity index is 1300. The third-order valence-corrected chi connectivity index (χ3v) is 6.40. The Labute approximate surface area is 196 Å². The van der Waals surface area contributed by atoms with E-state index in [1.807, 2.05) is 19.1 Å². The van der Waals surface area contributed by atoms with Crippen LogP contribution in [0.1, 0.15) is 37.5 Å². The van der Waals surface area contributed by atoms with E-state index in [4.69, 9.17) is 9.47 Å². The van der Waals surface area contributed by atoms with Gasteiger partial charge in [-0.25, -0.2) is 0 Å². The third kappa shape index (κ3) is 4.09. The average Bonchev–Trinajstić information content (AvgIpc) is 2.82. The van der Waals surface area contributed by atoms with E-state index < -0.39 is 0 Å². The van der Waals surface area contributed by atoms with Crippen molar-refractivity contribution in [3.8, 4) is 33.8 Å². The smallest absolute Gasteiger partial charge is 0.168 e. The predicted octanol–water partition coefficient (Wildman–Crippen LogP) is 7.29. The van der Waals surface area contributed by atoms with Gasteiger partial charge in [-0.3, -0.25) is 0 Å². The van der Waals surface area contributed by atoms with E-state index in [1.54, 1.807) is 14.2 Å². The Morgan fingerprint density at radius 1 is 0.697 bits per heavy atom. The number of rotatable bonds is 5.